The first-order valence-electron chi connectivity index (χ1n) is 11.4. The maximum Gasteiger partial charge on any atom is 0.294 e. The van der Waals surface area contributed by atoms with Crippen molar-refractivity contribution in [3.8, 4) is 11.5 Å². The minimum Gasteiger partial charge on any atom is -0.493 e. The second-order valence-corrected chi connectivity index (χ2v) is 10.8. The van der Waals surface area contributed by atoms with Crippen LogP contribution in [0.1, 0.15) is 30.9 Å². The lowest BCUT2D eigenvalue weighted by molar-refractivity contribution is -0.136. The molecule has 0 saturated carbocycles. The zero-order chi connectivity index (χ0) is 24.9. The van der Waals surface area contributed by atoms with Gasteiger partial charge in [-0.25, -0.2) is 0 Å². The van der Waals surface area contributed by atoms with Crippen LogP contribution in [0, 0.1) is 9.49 Å². The number of thioether (sulfide) groups is 1. The molecule has 2 aliphatic heterocycles. The average molecular weight is 606 g/mol. The number of piperidine rings is 1. The van der Waals surface area contributed by atoms with Crippen molar-refractivity contribution in [3.05, 3.63) is 62.1 Å². The minimum absolute atomic E-state index is 0.184. The smallest absolute Gasteiger partial charge is 0.294 e. The van der Waals surface area contributed by atoms with E-state index in [2.05, 4.69) is 29.5 Å². The molecule has 2 saturated heterocycles. The van der Waals surface area contributed by atoms with E-state index in [1.54, 1.807) is 24.2 Å². The summed E-state index contributed by atoms with van der Waals surface area (Å²) in [6.45, 7) is 3.69. The molecular weight excluding hydrogens is 579 g/mol. The van der Waals surface area contributed by atoms with Crippen LogP contribution in [0.5, 0.6) is 11.5 Å². The van der Waals surface area contributed by atoms with Crippen LogP contribution in [0.15, 0.2) is 47.4 Å². The van der Waals surface area contributed by atoms with Gasteiger partial charge in [-0.2, -0.15) is 0 Å². The van der Waals surface area contributed by atoms with E-state index in [4.69, 9.17) is 9.47 Å². The third kappa shape index (κ3) is 6.19. The van der Waals surface area contributed by atoms with Crippen LogP contribution >= 0.6 is 34.4 Å². The molecule has 2 aromatic carbocycles. The maximum absolute atomic E-state index is 12.9. The summed E-state index contributed by atoms with van der Waals surface area (Å²) >= 11 is 3.02. The molecule has 184 valence electrons. The van der Waals surface area contributed by atoms with Gasteiger partial charge < -0.3 is 14.4 Å². The largest absolute Gasteiger partial charge is 0.493 e. The van der Waals surface area contributed by atoms with E-state index in [1.807, 2.05) is 36.4 Å². The fourth-order valence-corrected chi connectivity index (χ4v) is 5.59. The molecule has 0 spiro atoms. The molecule has 0 N–H and O–H groups in total. The van der Waals surface area contributed by atoms with Crippen molar-refractivity contribution in [2.75, 3.05) is 26.7 Å². The molecule has 0 aromatic heterocycles. The predicted molar refractivity (Wildman–Crippen MR) is 144 cm³/mol. The molecule has 0 radical (unpaired) electrons. The molecule has 0 bridgehead atoms. The van der Waals surface area contributed by atoms with Crippen molar-refractivity contribution in [1.29, 1.82) is 0 Å². The first-order chi connectivity index (χ1) is 16.9. The first kappa shape index (κ1) is 25.6. The Morgan fingerprint density at radius 1 is 1.17 bits per heavy atom. The number of amides is 3. The molecule has 9 heteroatoms. The highest BCUT2D eigenvalue weighted by Crippen LogP contribution is 2.37. The third-order valence-electron chi connectivity index (χ3n) is 6.08. The topological polar surface area (TPSA) is 76.2 Å². The van der Waals surface area contributed by atoms with E-state index in [-0.39, 0.29) is 17.4 Å². The molecule has 0 aliphatic carbocycles. The highest BCUT2D eigenvalue weighted by atomic mass is 127. The average Bonchev–Trinajstić information content (AvgIpc) is 3.11. The van der Waals surface area contributed by atoms with Crippen LogP contribution in [-0.2, 0) is 16.2 Å². The van der Waals surface area contributed by atoms with Crippen LogP contribution in [0.3, 0.4) is 0 Å². The number of likely N-dealkylation sites (tertiary alicyclic amines) is 1. The van der Waals surface area contributed by atoms with Gasteiger partial charge in [-0.05, 0) is 82.4 Å². The quantitative estimate of drug-likeness (QED) is 0.320. The Labute approximate surface area is 223 Å². The van der Waals surface area contributed by atoms with Crippen LogP contribution in [-0.4, -0.2) is 53.6 Å². The molecule has 2 aliphatic rings. The van der Waals surface area contributed by atoms with Crippen LogP contribution < -0.4 is 9.47 Å². The van der Waals surface area contributed by atoms with Gasteiger partial charge in [0.2, 0.25) is 5.91 Å². The van der Waals surface area contributed by atoms with E-state index in [0.29, 0.717) is 42.7 Å². The molecular formula is C26H27IN2O5S. The molecule has 0 unspecified atom stereocenters. The van der Waals surface area contributed by atoms with Gasteiger partial charge in [0.1, 0.15) is 13.2 Å². The van der Waals surface area contributed by atoms with Crippen LogP contribution in [0.25, 0.3) is 6.08 Å². The second-order valence-electron chi connectivity index (χ2n) is 8.64. The Morgan fingerprint density at radius 3 is 2.57 bits per heavy atom. The molecule has 4 rings (SSSR count). The summed E-state index contributed by atoms with van der Waals surface area (Å²) in [5.41, 5.74) is 1.75. The Balaban J connectivity index is 1.46. The predicted octanol–water partition coefficient (Wildman–Crippen LogP) is 5.17. The monoisotopic (exact) mass is 606 g/mol. The Hall–Kier alpha value is -2.53. The van der Waals surface area contributed by atoms with Gasteiger partial charge in [-0.1, -0.05) is 37.3 Å². The van der Waals surface area contributed by atoms with Gasteiger partial charge in [-0.15, -0.1) is 0 Å². The number of carbonyl (C=O) groups is 3. The molecule has 2 heterocycles. The van der Waals surface area contributed by atoms with Gasteiger partial charge >= 0.3 is 0 Å². The van der Waals surface area contributed by atoms with Crippen molar-refractivity contribution in [2.24, 2.45) is 5.92 Å². The Bertz CT molecular complexity index is 1150. The summed E-state index contributed by atoms with van der Waals surface area (Å²) in [7, 11) is 1.56. The normalized spacial score (nSPS) is 17.9. The van der Waals surface area contributed by atoms with E-state index < -0.39 is 11.1 Å². The molecule has 2 fully saturated rings. The van der Waals surface area contributed by atoms with E-state index in [1.165, 1.54) is 0 Å². The summed E-state index contributed by atoms with van der Waals surface area (Å²) in [6, 6.07) is 13.5. The van der Waals surface area contributed by atoms with Crippen molar-refractivity contribution in [1.82, 2.24) is 9.80 Å². The highest BCUT2D eigenvalue weighted by molar-refractivity contribution is 14.1. The van der Waals surface area contributed by atoms with Crippen LogP contribution in [0.4, 0.5) is 4.79 Å². The molecule has 35 heavy (non-hydrogen) atoms. The first-order valence-corrected chi connectivity index (χ1v) is 13.3. The highest BCUT2D eigenvalue weighted by Gasteiger charge is 2.37. The summed E-state index contributed by atoms with van der Waals surface area (Å²) in [6.07, 6.45) is 3.54. The number of imide groups is 1. The summed E-state index contributed by atoms with van der Waals surface area (Å²) in [5.74, 6) is 1.11. The van der Waals surface area contributed by atoms with E-state index in [9.17, 15) is 14.4 Å². The third-order valence-corrected chi connectivity index (χ3v) is 7.79. The molecule has 3 amide bonds. The number of halogens is 1. The lowest BCUT2D eigenvalue weighted by Crippen LogP contribution is -2.45. The second kappa shape index (κ2) is 11.5. The van der Waals surface area contributed by atoms with E-state index in [0.717, 1.165) is 38.6 Å². The van der Waals surface area contributed by atoms with Crippen molar-refractivity contribution in [3.63, 3.8) is 0 Å². The number of carbonyl (C=O) groups excluding carboxylic acids is 3. The van der Waals surface area contributed by atoms with Gasteiger partial charge in [0.15, 0.2) is 11.5 Å². The minimum atomic E-state index is -0.447. The SMILES string of the molecule is COc1cc(/C=C2/SC(=O)N(CC(=O)N3CCC(C)CC3)C2=O)cc(I)c1OCc1ccccc1. The lowest BCUT2D eigenvalue weighted by atomic mass is 9.99. The number of hydrogen-bond acceptors (Lipinski definition) is 6. The fraction of sp³-hybridized carbons (Fsp3) is 0.346. The number of ether oxygens (including phenoxy) is 2. The molecule has 7 nitrogen and oxygen atoms in total. The molecule has 0 atom stereocenters. The zero-order valence-corrected chi connectivity index (χ0v) is 22.6. The summed E-state index contributed by atoms with van der Waals surface area (Å²) < 4.78 is 12.4. The van der Waals surface area contributed by atoms with Gasteiger partial charge in [0.25, 0.3) is 11.1 Å². The van der Waals surface area contributed by atoms with Crippen molar-refractivity contribution >= 4 is 57.5 Å². The zero-order valence-electron chi connectivity index (χ0n) is 19.7. The number of methoxy groups -OCH3 is 1. The standard InChI is InChI=1S/C26H27IN2O5S/c1-17-8-10-28(11-9-17)23(30)15-29-25(31)22(35-26(29)32)14-19-12-20(27)24(21(13-19)33-2)34-16-18-6-4-3-5-7-18/h3-7,12-14,17H,8-11,15-16H2,1-2H3/b22-14+. The Morgan fingerprint density at radius 2 is 1.89 bits per heavy atom. The number of nitrogens with zero attached hydrogens (tertiary/aromatic N) is 2. The van der Waals surface area contributed by atoms with Crippen molar-refractivity contribution < 1.29 is 23.9 Å². The summed E-state index contributed by atoms with van der Waals surface area (Å²) in [4.78, 5) is 41.2. The summed E-state index contributed by atoms with van der Waals surface area (Å²) in [5, 5.41) is -0.426. The van der Waals surface area contributed by atoms with Crippen LogP contribution in [0.2, 0.25) is 0 Å². The number of benzene rings is 2. The fourth-order valence-electron chi connectivity index (χ4n) is 3.97. The van der Waals surface area contributed by atoms with Gasteiger partial charge in [-0.3, -0.25) is 19.3 Å². The number of rotatable bonds is 7. The van der Waals surface area contributed by atoms with E-state index >= 15 is 0 Å². The maximum atomic E-state index is 12.9. The van der Waals surface area contributed by atoms with Crippen molar-refractivity contribution in [2.45, 2.75) is 26.4 Å². The molecule has 2 aromatic rings. The Kier molecular flexibility index (Phi) is 8.38. The van der Waals surface area contributed by atoms with Gasteiger partial charge in [0.05, 0.1) is 15.6 Å². The van der Waals surface area contributed by atoms with Gasteiger partial charge in [0, 0.05) is 13.1 Å². The lowest BCUT2D eigenvalue weighted by Gasteiger charge is -2.31. The number of hydrogen-bond donors (Lipinski definition) is 0.